The van der Waals surface area contributed by atoms with Crippen LogP contribution in [-0.4, -0.2) is 38.2 Å². The van der Waals surface area contributed by atoms with E-state index in [4.69, 9.17) is 19.9 Å². The van der Waals surface area contributed by atoms with Crippen LogP contribution in [0.15, 0.2) is 425 Å². The number of fused-ring (bicyclic) bond motifs is 19. The number of benzene rings is 19. The molecule has 8 nitrogen and oxygen atoms in total. The second kappa shape index (κ2) is 27.8. The molecule has 25 aromatic rings. The zero-order valence-corrected chi connectivity index (χ0v) is 65.0. The molecule has 6 aromatic heterocycles. The fourth-order valence-corrected chi connectivity index (χ4v) is 18.9. The first kappa shape index (κ1) is 68.3. The smallest absolute Gasteiger partial charge is 0.235 e. The van der Waals surface area contributed by atoms with Crippen LogP contribution in [0.2, 0.25) is 0 Å². The number of rotatable bonds is 10. The summed E-state index contributed by atoms with van der Waals surface area (Å²) in [5.41, 5.74) is 26.7. The lowest BCUT2D eigenvalue weighted by atomic mass is 9.98. The van der Waals surface area contributed by atoms with Gasteiger partial charge < -0.3 is 9.13 Å². The van der Waals surface area contributed by atoms with Crippen molar-refractivity contribution in [2.75, 3.05) is 0 Å². The van der Waals surface area contributed by atoms with Gasteiger partial charge in [-0.15, -0.1) is 0 Å². The largest absolute Gasteiger partial charge is 0.309 e. The number of para-hydroxylation sites is 4. The average Bonchev–Trinajstić information content (AvgIpc) is 1.59. The summed E-state index contributed by atoms with van der Waals surface area (Å²) in [6.07, 6.45) is 0. The van der Waals surface area contributed by atoms with E-state index < -0.39 is 0 Å². The van der Waals surface area contributed by atoms with Crippen LogP contribution in [-0.2, 0) is 0 Å². The third-order valence-electron chi connectivity index (χ3n) is 24.5. The molecule has 0 saturated carbocycles. The van der Waals surface area contributed by atoms with Crippen molar-refractivity contribution >= 4 is 141 Å². The van der Waals surface area contributed by atoms with E-state index in [-0.39, 0.29) is 0 Å². The van der Waals surface area contributed by atoms with Crippen LogP contribution in [0.3, 0.4) is 0 Å². The summed E-state index contributed by atoms with van der Waals surface area (Å²) in [4.78, 5) is 21.1. The van der Waals surface area contributed by atoms with Crippen LogP contribution in [0.4, 0.5) is 0 Å². The van der Waals surface area contributed by atoms with E-state index in [1.54, 1.807) is 0 Å². The SMILES string of the molecule is c1ccc(-c2ccc(-n3c4ccccc4c4cc(-c5ccc6c(c5)c5c7ccccc7ccc5n6-c5nc(-c6ccccc6)c6ccccc6n5)ccc43)cc2)cc1.c1ccc(-c2nc(-n3c4ccc(-c5ccc6c(c5)c5ccccc5n6-c5ccc(-c6cccc7ccccc67)cc5)cc4c4c5ccccc5ccc43)nc3ccccc23)cc1. The molecule has 8 heteroatoms. The molecule has 0 aliphatic rings. The van der Waals surface area contributed by atoms with Crippen LogP contribution in [0, 0.1) is 0 Å². The number of hydrogen-bond acceptors (Lipinski definition) is 4. The fraction of sp³-hybridized carbons (Fsp3) is 0. The first-order valence-corrected chi connectivity index (χ1v) is 40.9. The molecule has 0 aliphatic carbocycles. The minimum absolute atomic E-state index is 0.657. The third kappa shape index (κ3) is 11.1. The van der Waals surface area contributed by atoms with Crippen molar-refractivity contribution in [3.05, 3.63) is 425 Å². The minimum Gasteiger partial charge on any atom is -0.309 e. The summed E-state index contributed by atoms with van der Waals surface area (Å²) >= 11 is 0. The summed E-state index contributed by atoms with van der Waals surface area (Å²) in [5, 5.41) is 19.1. The molecular formula is C112H70N8. The average molecular weight is 1530 g/mol. The van der Waals surface area contributed by atoms with E-state index in [2.05, 4.69) is 431 Å². The Labute approximate surface area is 689 Å². The second-order valence-corrected chi connectivity index (χ2v) is 31.2. The Bertz CT molecular complexity index is 8440. The Morgan fingerprint density at radius 2 is 0.467 bits per heavy atom. The van der Waals surface area contributed by atoms with Crippen LogP contribution in [0.5, 0.6) is 0 Å². The van der Waals surface area contributed by atoms with E-state index in [0.29, 0.717) is 11.9 Å². The quantitative estimate of drug-likeness (QED) is 0.137. The van der Waals surface area contributed by atoms with E-state index in [0.717, 1.165) is 88.9 Å². The van der Waals surface area contributed by atoms with Crippen molar-refractivity contribution < 1.29 is 0 Å². The highest BCUT2D eigenvalue weighted by atomic mass is 15.2. The lowest BCUT2D eigenvalue weighted by molar-refractivity contribution is 1.01. The molecule has 0 unspecified atom stereocenters. The highest BCUT2D eigenvalue weighted by Crippen LogP contribution is 2.45. The number of aromatic nitrogens is 8. The summed E-state index contributed by atoms with van der Waals surface area (Å²) in [6, 6.07) is 153. The van der Waals surface area contributed by atoms with E-state index >= 15 is 0 Å². The molecule has 120 heavy (non-hydrogen) atoms. The van der Waals surface area contributed by atoms with Crippen molar-refractivity contribution in [1.29, 1.82) is 0 Å². The first-order chi connectivity index (χ1) is 59.5. The van der Waals surface area contributed by atoms with Gasteiger partial charge in [0.1, 0.15) is 0 Å². The van der Waals surface area contributed by atoms with Crippen molar-refractivity contribution in [2.45, 2.75) is 0 Å². The molecule has 0 bridgehead atoms. The molecule has 558 valence electrons. The molecule has 6 heterocycles. The third-order valence-corrected chi connectivity index (χ3v) is 24.5. The standard InChI is InChI=1S/C58H36N4.C54H34N4/c1-2-15-40(16-3-1)57-48-21-8-10-23-51(48)59-58(60-57)62-54-33-29-42(36-50(54)56-46-19-7-5-14-38(46)27-34-55(56)62)41-28-32-53-49(35-41)47-20-9-11-24-52(47)61(53)43-30-25-39(26-31-43)45-22-12-17-37-13-4-6-18-44(37)45;1-3-13-35(14-4-1)36-23-28-41(29-24-36)57-48-22-12-10-19-43(48)45-33-39(26-30-49(45)57)40-27-31-50-46(34-40)52-42-18-8-7-15-37(42)25-32-51(52)58(50)54-55-47-21-11-9-20-44(47)53(56-54)38-16-5-2-6-17-38/h1-36H;1-34H. The Kier molecular flexibility index (Phi) is 15.8. The maximum Gasteiger partial charge on any atom is 0.235 e. The van der Waals surface area contributed by atoms with Gasteiger partial charge in [-0.2, -0.15) is 0 Å². The van der Waals surface area contributed by atoms with Gasteiger partial charge in [0.05, 0.1) is 66.6 Å². The molecule has 25 rings (SSSR count). The van der Waals surface area contributed by atoms with Gasteiger partial charge in [0.2, 0.25) is 11.9 Å². The molecule has 0 atom stereocenters. The highest BCUT2D eigenvalue weighted by molar-refractivity contribution is 6.24. The van der Waals surface area contributed by atoms with Crippen LogP contribution < -0.4 is 0 Å². The summed E-state index contributed by atoms with van der Waals surface area (Å²) in [7, 11) is 0. The summed E-state index contributed by atoms with van der Waals surface area (Å²) in [6.45, 7) is 0. The van der Waals surface area contributed by atoms with Crippen LogP contribution in [0.25, 0.3) is 232 Å². The zero-order valence-electron chi connectivity index (χ0n) is 65.0. The van der Waals surface area contributed by atoms with Crippen molar-refractivity contribution in [3.63, 3.8) is 0 Å². The molecule has 0 fully saturated rings. The predicted molar refractivity (Wildman–Crippen MR) is 502 cm³/mol. The second-order valence-electron chi connectivity index (χ2n) is 31.2. The molecule has 0 spiro atoms. The summed E-state index contributed by atoms with van der Waals surface area (Å²) < 4.78 is 9.29. The van der Waals surface area contributed by atoms with Gasteiger partial charge in [0, 0.05) is 76.4 Å². The van der Waals surface area contributed by atoms with E-state index in [1.165, 1.54) is 131 Å². The molecular weight excluding hydrogens is 1460 g/mol. The van der Waals surface area contributed by atoms with Gasteiger partial charge in [-0.3, -0.25) is 9.13 Å². The van der Waals surface area contributed by atoms with Crippen molar-refractivity contribution in [1.82, 2.24) is 38.2 Å². The number of hydrogen-bond donors (Lipinski definition) is 0. The lowest BCUT2D eigenvalue weighted by Gasteiger charge is -2.12. The van der Waals surface area contributed by atoms with Crippen molar-refractivity contribution in [2.24, 2.45) is 0 Å². The topological polar surface area (TPSA) is 71.3 Å². The van der Waals surface area contributed by atoms with Gasteiger partial charge in [0.15, 0.2) is 0 Å². The van der Waals surface area contributed by atoms with Gasteiger partial charge in [-0.05, 0) is 186 Å². The fourth-order valence-electron chi connectivity index (χ4n) is 18.9. The molecule has 0 radical (unpaired) electrons. The first-order valence-electron chi connectivity index (χ1n) is 40.9. The van der Waals surface area contributed by atoms with Gasteiger partial charge in [0.25, 0.3) is 0 Å². The predicted octanol–water partition coefficient (Wildman–Crippen LogP) is 29.1. The minimum atomic E-state index is 0.657. The van der Waals surface area contributed by atoms with Crippen molar-refractivity contribution in [3.8, 4) is 90.3 Å². The molecule has 0 amide bonds. The Hall–Kier alpha value is -16.2. The Morgan fingerprint density at radius 3 is 0.917 bits per heavy atom. The molecule has 0 saturated heterocycles. The lowest BCUT2D eigenvalue weighted by Crippen LogP contribution is -2.03. The van der Waals surface area contributed by atoms with Crippen LogP contribution in [0.1, 0.15) is 0 Å². The highest BCUT2D eigenvalue weighted by Gasteiger charge is 2.25. The Balaban J connectivity index is 0.000000137. The van der Waals surface area contributed by atoms with Gasteiger partial charge >= 0.3 is 0 Å². The maximum atomic E-state index is 5.35. The normalized spacial score (nSPS) is 11.8. The summed E-state index contributed by atoms with van der Waals surface area (Å²) in [5.74, 6) is 1.32. The maximum absolute atomic E-state index is 5.35. The van der Waals surface area contributed by atoms with E-state index in [1.807, 2.05) is 12.1 Å². The molecule has 0 aliphatic heterocycles. The Morgan fingerprint density at radius 1 is 0.158 bits per heavy atom. The zero-order chi connectivity index (χ0) is 78.9. The number of nitrogens with zero attached hydrogens (tertiary/aromatic N) is 8. The van der Waals surface area contributed by atoms with Crippen LogP contribution >= 0.6 is 0 Å². The van der Waals surface area contributed by atoms with Gasteiger partial charge in [-0.1, -0.05) is 315 Å². The monoisotopic (exact) mass is 1530 g/mol. The van der Waals surface area contributed by atoms with Gasteiger partial charge in [-0.25, -0.2) is 19.9 Å². The molecule has 0 N–H and O–H groups in total. The van der Waals surface area contributed by atoms with E-state index in [9.17, 15) is 0 Å². The molecule has 19 aromatic carbocycles.